The number of hydrogen-bond acceptors (Lipinski definition) is 1. The van der Waals surface area contributed by atoms with Crippen LogP contribution in [-0.4, -0.2) is 4.83 Å². The first kappa shape index (κ1) is 9.97. The number of nitrogens with zero attached hydrogens (tertiary/aromatic N) is 1. The molecule has 0 unspecified atom stereocenters. The summed E-state index contributed by atoms with van der Waals surface area (Å²) in [4.78, 5) is 0.848. The molecule has 1 saturated carbocycles. The van der Waals surface area contributed by atoms with E-state index in [4.69, 9.17) is 5.26 Å². The minimum Gasteiger partial charge on any atom is -0.199 e. The molecule has 0 amide bonds. The molecule has 1 aliphatic carbocycles. The molecule has 2 heteroatoms. The average molecular weight is 204 g/mol. The second-order valence-corrected chi connectivity index (χ2v) is 3.75. The van der Waals surface area contributed by atoms with E-state index in [0.29, 0.717) is 0 Å². The van der Waals surface area contributed by atoms with Crippen molar-refractivity contribution in [1.29, 1.82) is 5.26 Å². The molecule has 0 heterocycles. The van der Waals surface area contributed by atoms with Gasteiger partial charge in [-0.2, -0.15) is 5.26 Å². The first-order valence-corrected chi connectivity index (χ1v) is 4.67. The summed E-state index contributed by atoms with van der Waals surface area (Å²) in [6.45, 7) is 1.43. The summed E-state index contributed by atoms with van der Waals surface area (Å²) in [6.07, 6.45) is 7.15. The Morgan fingerprint density at radius 1 is 1.30 bits per heavy atom. The number of halogens is 1. The van der Waals surface area contributed by atoms with Crippen LogP contribution in [0.25, 0.3) is 0 Å². The van der Waals surface area contributed by atoms with Crippen LogP contribution in [0.15, 0.2) is 0 Å². The Morgan fingerprint density at radius 2 is 1.70 bits per heavy atom. The van der Waals surface area contributed by atoms with E-state index in [1.165, 1.54) is 39.0 Å². The average Bonchev–Trinajstić information content (AvgIpc) is 1.91. The van der Waals surface area contributed by atoms with Crippen LogP contribution in [0.1, 0.15) is 39.0 Å². The lowest BCUT2D eigenvalue weighted by Gasteiger charge is -2.13. The molecule has 1 fully saturated rings. The van der Waals surface area contributed by atoms with Crippen LogP contribution >= 0.6 is 15.9 Å². The Balaban J connectivity index is 0.000000236. The molecule has 0 radical (unpaired) electrons. The summed E-state index contributed by atoms with van der Waals surface area (Å²) in [5, 5.41) is 7.32. The van der Waals surface area contributed by atoms with E-state index in [-0.39, 0.29) is 0 Å². The zero-order valence-corrected chi connectivity index (χ0v) is 8.02. The molecule has 0 aromatic carbocycles. The minimum atomic E-state index is 0.848. The number of nitriles is 1. The minimum absolute atomic E-state index is 0.848. The molecule has 0 spiro atoms. The lowest BCUT2D eigenvalue weighted by Crippen LogP contribution is -2.02. The maximum absolute atomic E-state index is 7.32. The maximum Gasteiger partial charge on any atom is 0.0587 e. The van der Waals surface area contributed by atoms with Gasteiger partial charge < -0.3 is 0 Å². The van der Waals surface area contributed by atoms with Crippen molar-refractivity contribution in [3.8, 4) is 6.07 Å². The highest BCUT2D eigenvalue weighted by molar-refractivity contribution is 9.09. The van der Waals surface area contributed by atoms with Gasteiger partial charge in [0.2, 0.25) is 0 Å². The van der Waals surface area contributed by atoms with Gasteiger partial charge in [-0.1, -0.05) is 35.2 Å². The van der Waals surface area contributed by atoms with Crippen molar-refractivity contribution in [2.24, 2.45) is 0 Å². The monoisotopic (exact) mass is 203 g/mol. The van der Waals surface area contributed by atoms with Crippen LogP contribution in [0, 0.1) is 11.3 Å². The van der Waals surface area contributed by atoms with Gasteiger partial charge in [0, 0.05) is 11.8 Å². The Bertz CT molecular complexity index is 100. The second-order valence-electron chi connectivity index (χ2n) is 2.46. The third-order valence-electron chi connectivity index (χ3n) is 1.53. The molecule has 10 heavy (non-hydrogen) atoms. The van der Waals surface area contributed by atoms with Crippen LogP contribution in [0.3, 0.4) is 0 Å². The third-order valence-corrected chi connectivity index (χ3v) is 2.45. The van der Waals surface area contributed by atoms with Crippen LogP contribution in [0.2, 0.25) is 0 Å². The molecule has 0 atom stereocenters. The van der Waals surface area contributed by atoms with E-state index in [1.54, 1.807) is 6.07 Å². The Hall–Kier alpha value is -0.0300. The molecule has 0 aliphatic heterocycles. The Kier molecular flexibility index (Phi) is 7.06. The van der Waals surface area contributed by atoms with Crippen molar-refractivity contribution in [3.63, 3.8) is 0 Å². The van der Waals surface area contributed by atoms with Crippen molar-refractivity contribution in [3.05, 3.63) is 0 Å². The van der Waals surface area contributed by atoms with E-state index in [0.717, 1.165) is 4.83 Å². The smallest absolute Gasteiger partial charge is 0.0587 e. The molecular weight excluding hydrogens is 190 g/mol. The molecule has 58 valence electrons. The van der Waals surface area contributed by atoms with Gasteiger partial charge in [0.15, 0.2) is 0 Å². The predicted octanol–water partition coefficient (Wildman–Crippen LogP) is 3.24. The molecule has 1 nitrogen and oxygen atoms in total. The normalized spacial score (nSPS) is 18.5. The van der Waals surface area contributed by atoms with Crippen LogP contribution < -0.4 is 0 Å². The van der Waals surface area contributed by atoms with Gasteiger partial charge in [0.25, 0.3) is 0 Å². The zero-order valence-electron chi connectivity index (χ0n) is 6.44. The largest absolute Gasteiger partial charge is 0.199 e. The molecule has 0 saturated heterocycles. The lowest BCUT2D eigenvalue weighted by molar-refractivity contribution is 0.521. The van der Waals surface area contributed by atoms with Gasteiger partial charge >= 0.3 is 0 Å². The maximum atomic E-state index is 7.32. The first-order chi connectivity index (χ1) is 4.81. The second kappa shape index (κ2) is 7.08. The van der Waals surface area contributed by atoms with Crippen molar-refractivity contribution in [2.75, 3.05) is 0 Å². The molecule has 1 rings (SSSR count). The molecule has 0 aromatic heterocycles. The first-order valence-electron chi connectivity index (χ1n) is 3.76. The van der Waals surface area contributed by atoms with Crippen molar-refractivity contribution in [2.45, 2.75) is 43.9 Å². The highest BCUT2D eigenvalue weighted by atomic mass is 79.9. The van der Waals surface area contributed by atoms with Crippen LogP contribution in [0.4, 0.5) is 0 Å². The van der Waals surface area contributed by atoms with Crippen molar-refractivity contribution >= 4 is 15.9 Å². The summed E-state index contributed by atoms with van der Waals surface area (Å²) in [7, 11) is 0. The van der Waals surface area contributed by atoms with Gasteiger partial charge in [0.1, 0.15) is 0 Å². The van der Waals surface area contributed by atoms with Crippen molar-refractivity contribution < 1.29 is 0 Å². The van der Waals surface area contributed by atoms with Gasteiger partial charge in [-0.15, -0.1) is 0 Å². The SMILES string of the molecule is BrC1CCCCC1.CC#N. The number of rotatable bonds is 0. The van der Waals surface area contributed by atoms with Gasteiger partial charge in [-0.05, 0) is 12.8 Å². The van der Waals surface area contributed by atoms with E-state index >= 15 is 0 Å². The quantitative estimate of drug-likeness (QED) is 0.555. The van der Waals surface area contributed by atoms with E-state index in [1.807, 2.05) is 0 Å². The fourth-order valence-electron chi connectivity index (χ4n) is 1.05. The summed E-state index contributed by atoms with van der Waals surface area (Å²) < 4.78 is 0. The molecule has 0 N–H and O–H groups in total. The Morgan fingerprint density at radius 3 is 1.90 bits per heavy atom. The predicted molar refractivity (Wildman–Crippen MR) is 47.1 cm³/mol. The Labute approximate surface area is 71.6 Å². The molecule has 0 bridgehead atoms. The fourth-order valence-corrected chi connectivity index (χ4v) is 1.70. The van der Waals surface area contributed by atoms with E-state index in [9.17, 15) is 0 Å². The summed E-state index contributed by atoms with van der Waals surface area (Å²) in [6, 6.07) is 1.75. The molecule has 0 aromatic rings. The topological polar surface area (TPSA) is 23.8 Å². The third kappa shape index (κ3) is 6.10. The standard InChI is InChI=1S/C6H11Br.C2H3N/c7-6-4-2-1-3-5-6;1-2-3/h6H,1-5H2;1H3. The highest BCUT2D eigenvalue weighted by Gasteiger charge is 2.07. The fraction of sp³-hybridized carbons (Fsp3) is 0.875. The highest BCUT2D eigenvalue weighted by Crippen LogP contribution is 2.22. The van der Waals surface area contributed by atoms with Crippen LogP contribution in [-0.2, 0) is 0 Å². The summed E-state index contributed by atoms with van der Waals surface area (Å²) >= 11 is 3.59. The van der Waals surface area contributed by atoms with E-state index < -0.39 is 0 Å². The van der Waals surface area contributed by atoms with Gasteiger partial charge in [-0.25, -0.2) is 0 Å². The van der Waals surface area contributed by atoms with E-state index in [2.05, 4.69) is 15.9 Å². The van der Waals surface area contributed by atoms with Gasteiger partial charge in [0.05, 0.1) is 6.07 Å². The number of hydrogen-bond donors (Lipinski definition) is 0. The number of alkyl halides is 1. The summed E-state index contributed by atoms with van der Waals surface area (Å²) in [5.41, 5.74) is 0. The van der Waals surface area contributed by atoms with Gasteiger partial charge in [-0.3, -0.25) is 0 Å². The van der Waals surface area contributed by atoms with Crippen LogP contribution in [0.5, 0.6) is 0 Å². The van der Waals surface area contributed by atoms with Crippen molar-refractivity contribution in [1.82, 2.24) is 0 Å². The summed E-state index contributed by atoms with van der Waals surface area (Å²) in [5.74, 6) is 0. The molecule has 1 aliphatic rings. The lowest BCUT2D eigenvalue weighted by atomic mass is 10.0. The molecular formula is C8H14BrN. The zero-order chi connectivity index (χ0) is 7.82.